The van der Waals surface area contributed by atoms with Gasteiger partial charge in [-0.3, -0.25) is 0 Å². The Morgan fingerprint density at radius 3 is 2.79 bits per heavy atom. The van der Waals surface area contributed by atoms with E-state index in [4.69, 9.17) is 11.6 Å². The maximum absolute atomic E-state index is 6.43. The summed E-state index contributed by atoms with van der Waals surface area (Å²) in [6.07, 6.45) is 3.91. The van der Waals surface area contributed by atoms with Crippen LogP contribution in [0.25, 0.3) is 0 Å². The van der Waals surface area contributed by atoms with Gasteiger partial charge < -0.3 is 4.90 Å². The van der Waals surface area contributed by atoms with Crippen LogP contribution in [0.5, 0.6) is 0 Å². The molecule has 2 rings (SSSR count). The second kappa shape index (κ2) is 6.99. The highest BCUT2D eigenvalue weighted by molar-refractivity contribution is 9.08. The van der Waals surface area contributed by atoms with Crippen LogP contribution in [0.1, 0.15) is 38.7 Å². The zero-order valence-electron chi connectivity index (χ0n) is 11.8. The molecule has 1 fully saturated rings. The molecule has 0 amide bonds. The van der Waals surface area contributed by atoms with Crippen LogP contribution in [0.15, 0.2) is 18.2 Å². The summed E-state index contributed by atoms with van der Waals surface area (Å²) in [7, 11) is 0. The van der Waals surface area contributed by atoms with Crippen molar-refractivity contribution in [2.24, 2.45) is 11.8 Å². The van der Waals surface area contributed by atoms with Crippen molar-refractivity contribution in [2.75, 3.05) is 18.0 Å². The van der Waals surface area contributed by atoms with Gasteiger partial charge in [-0.05, 0) is 42.7 Å². The third-order valence-corrected chi connectivity index (χ3v) is 5.16. The van der Waals surface area contributed by atoms with Gasteiger partial charge in [-0.15, -0.1) is 0 Å². The molecule has 1 atom stereocenters. The Morgan fingerprint density at radius 1 is 1.32 bits per heavy atom. The standard InChI is InChI=1S/C16H23BrClN/c1-12(2)13-6-4-9-19(10-8-13)16-14(11-17)5-3-7-15(16)18/h3,5,7,12-13H,4,6,8-11H2,1-2H3. The summed E-state index contributed by atoms with van der Waals surface area (Å²) < 4.78 is 0. The van der Waals surface area contributed by atoms with Gasteiger partial charge in [0.05, 0.1) is 10.7 Å². The number of nitrogens with zero attached hydrogens (tertiary/aromatic N) is 1. The van der Waals surface area contributed by atoms with Crippen LogP contribution in [0.4, 0.5) is 5.69 Å². The molecule has 1 aliphatic rings. The molecule has 0 aromatic heterocycles. The van der Waals surface area contributed by atoms with Gasteiger partial charge in [0, 0.05) is 18.4 Å². The molecule has 1 heterocycles. The number of para-hydroxylation sites is 1. The molecule has 0 aliphatic carbocycles. The highest BCUT2D eigenvalue weighted by atomic mass is 79.9. The van der Waals surface area contributed by atoms with Gasteiger partial charge in [0.15, 0.2) is 0 Å². The monoisotopic (exact) mass is 343 g/mol. The Hall–Kier alpha value is -0.210. The zero-order valence-corrected chi connectivity index (χ0v) is 14.2. The maximum Gasteiger partial charge on any atom is 0.0642 e. The Balaban J connectivity index is 2.18. The summed E-state index contributed by atoms with van der Waals surface area (Å²) in [5.74, 6) is 1.65. The molecule has 1 nitrogen and oxygen atoms in total. The van der Waals surface area contributed by atoms with Crippen molar-refractivity contribution in [3.05, 3.63) is 28.8 Å². The van der Waals surface area contributed by atoms with Crippen molar-refractivity contribution in [3.8, 4) is 0 Å². The maximum atomic E-state index is 6.43. The lowest BCUT2D eigenvalue weighted by Gasteiger charge is -2.26. The molecule has 1 aliphatic heterocycles. The van der Waals surface area contributed by atoms with Crippen molar-refractivity contribution in [1.82, 2.24) is 0 Å². The van der Waals surface area contributed by atoms with Crippen molar-refractivity contribution in [1.29, 1.82) is 0 Å². The van der Waals surface area contributed by atoms with Crippen LogP contribution < -0.4 is 4.90 Å². The molecule has 106 valence electrons. The Morgan fingerprint density at radius 2 is 2.11 bits per heavy atom. The van der Waals surface area contributed by atoms with Gasteiger partial charge in [-0.2, -0.15) is 0 Å². The minimum atomic E-state index is 0.793. The first kappa shape index (κ1) is 15.2. The molecule has 3 heteroatoms. The van der Waals surface area contributed by atoms with Crippen LogP contribution in [0, 0.1) is 11.8 Å². The third-order valence-electron chi connectivity index (χ3n) is 4.25. The zero-order chi connectivity index (χ0) is 13.8. The molecule has 0 radical (unpaired) electrons. The number of hydrogen-bond acceptors (Lipinski definition) is 1. The fourth-order valence-corrected chi connectivity index (χ4v) is 3.80. The number of hydrogen-bond donors (Lipinski definition) is 0. The number of rotatable bonds is 3. The molecule has 19 heavy (non-hydrogen) atoms. The van der Waals surface area contributed by atoms with E-state index in [0.29, 0.717) is 0 Å². The largest absolute Gasteiger partial charge is 0.370 e. The fourth-order valence-electron chi connectivity index (χ4n) is 3.03. The number of anilines is 1. The number of benzene rings is 1. The summed E-state index contributed by atoms with van der Waals surface area (Å²) in [6, 6.07) is 6.21. The predicted octanol–water partition coefficient (Wildman–Crippen LogP) is 5.50. The second-order valence-corrected chi connectivity index (χ2v) is 6.77. The second-order valence-electron chi connectivity index (χ2n) is 5.80. The van der Waals surface area contributed by atoms with Gasteiger partial charge in [-0.1, -0.05) is 53.5 Å². The first-order valence-electron chi connectivity index (χ1n) is 7.21. The van der Waals surface area contributed by atoms with Gasteiger partial charge in [-0.25, -0.2) is 0 Å². The van der Waals surface area contributed by atoms with Gasteiger partial charge in [0.2, 0.25) is 0 Å². The number of alkyl halides is 1. The van der Waals surface area contributed by atoms with Crippen LogP contribution in [-0.2, 0) is 5.33 Å². The average Bonchev–Trinajstić information content (AvgIpc) is 2.64. The lowest BCUT2D eigenvalue weighted by molar-refractivity contribution is 0.351. The van der Waals surface area contributed by atoms with Crippen LogP contribution in [0.2, 0.25) is 5.02 Å². The molecule has 1 aromatic rings. The van der Waals surface area contributed by atoms with Crippen LogP contribution in [0.3, 0.4) is 0 Å². The molecule has 1 saturated heterocycles. The molecular formula is C16H23BrClN. The highest BCUT2D eigenvalue weighted by Crippen LogP contribution is 2.34. The molecule has 0 spiro atoms. The van der Waals surface area contributed by atoms with Crippen molar-refractivity contribution in [3.63, 3.8) is 0 Å². The molecule has 0 saturated carbocycles. The van der Waals surface area contributed by atoms with E-state index in [0.717, 1.165) is 35.3 Å². The van der Waals surface area contributed by atoms with Crippen LogP contribution >= 0.6 is 27.5 Å². The minimum absolute atomic E-state index is 0.793. The quantitative estimate of drug-likeness (QED) is 0.655. The summed E-state index contributed by atoms with van der Waals surface area (Å²) in [6.45, 7) is 6.96. The predicted molar refractivity (Wildman–Crippen MR) is 88.5 cm³/mol. The summed E-state index contributed by atoms with van der Waals surface area (Å²) in [5, 5.41) is 1.76. The van der Waals surface area contributed by atoms with Gasteiger partial charge in [0.25, 0.3) is 0 Å². The normalized spacial score (nSPS) is 20.7. The smallest absolute Gasteiger partial charge is 0.0642 e. The van der Waals surface area contributed by atoms with E-state index in [1.165, 1.54) is 30.5 Å². The first-order chi connectivity index (χ1) is 9.13. The summed E-state index contributed by atoms with van der Waals surface area (Å²) in [5.41, 5.74) is 2.54. The summed E-state index contributed by atoms with van der Waals surface area (Å²) in [4.78, 5) is 2.49. The van der Waals surface area contributed by atoms with E-state index in [9.17, 15) is 0 Å². The SMILES string of the molecule is CC(C)C1CCCN(c2c(Cl)cccc2CBr)CC1. The molecular weight excluding hydrogens is 322 g/mol. The van der Waals surface area contributed by atoms with Crippen molar-refractivity contribution in [2.45, 2.75) is 38.4 Å². The third kappa shape index (κ3) is 3.66. The lowest BCUT2D eigenvalue weighted by Crippen LogP contribution is -2.25. The fraction of sp³-hybridized carbons (Fsp3) is 0.625. The first-order valence-corrected chi connectivity index (χ1v) is 8.71. The lowest BCUT2D eigenvalue weighted by atomic mass is 9.89. The molecule has 0 N–H and O–H groups in total. The Bertz CT molecular complexity index is 419. The van der Waals surface area contributed by atoms with Crippen molar-refractivity contribution >= 4 is 33.2 Å². The van der Waals surface area contributed by atoms with E-state index in [-0.39, 0.29) is 0 Å². The van der Waals surface area contributed by atoms with Crippen molar-refractivity contribution < 1.29 is 0 Å². The molecule has 0 bridgehead atoms. The van der Waals surface area contributed by atoms with E-state index in [1.54, 1.807) is 0 Å². The van der Waals surface area contributed by atoms with Gasteiger partial charge >= 0.3 is 0 Å². The van der Waals surface area contributed by atoms with E-state index in [2.05, 4.69) is 40.7 Å². The topological polar surface area (TPSA) is 3.24 Å². The Kier molecular flexibility index (Phi) is 5.58. The van der Waals surface area contributed by atoms with Crippen LogP contribution in [-0.4, -0.2) is 13.1 Å². The molecule has 1 unspecified atom stereocenters. The minimum Gasteiger partial charge on any atom is -0.370 e. The highest BCUT2D eigenvalue weighted by Gasteiger charge is 2.22. The summed E-state index contributed by atoms with van der Waals surface area (Å²) >= 11 is 10.0. The number of halogens is 2. The van der Waals surface area contributed by atoms with Gasteiger partial charge in [0.1, 0.15) is 0 Å². The molecule has 1 aromatic carbocycles. The Labute approximate surface area is 130 Å². The van der Waals surface area contributed by atoms with E-state index >= 15 is 0 Å². The average molecular weight is 345 g/mol. The van der Waals surface area contributed by atoms with E-state index in [1.807, 2.05) is 12.1 Å². The van der Waals surface area contributed by atoms with E-state index < -0.39 is 0 Å².